The first kappa shape index (κ1) is 27.1. The lowest BCUT2D eigenvalue weighted by Gasteiger charge is -2.34. The summed E-state index contributed by atoms with van der Waals surface area (Å²) in [7, 11) is 0. The minimum absolute atomic E-state index is 0.114. The molecule has 3 aromatic rings. The maximum atomic E-state index is 13.5. The summed E-state index contributed by atoms with van der Waals surface area (Å²) in [6.45, 7) is 2.88. The second-order valence-corrected chi connectivity index (χ2v) is 9.60. The van der Waals surface area contributed by atoms with Crippen LogP contribution in [0.3, 0.4) is 0 Å². The number of nitrogens with zero attached hydrogens (tertiary/aromatic N) is 3. The molecule has 0 bridgehead atoms. The fourth-order valence-corrected chi connectivity index (χ4v) is 5.01. The minimum atomic E-state index is -0.690. The number of nitrogen functional groups attached to an aromatic ring is 1. The Balaban J connectivity index is 1.53. The van der Waals surface area contributed by atoms with Crippen molar-refractivity contribution in [1.29, 1.82) is 0 Å². The van der Waals surface area contributed by atoms with E-state index in [2.05, 4.69) is 5.32 Å². The fraction of sp³-hybridized carbons (Fsp3) is 0.379. The molecule has 1 aromatic heterocycles. The van der Waals surface area contributed by atoms with Crippen molar-refractivity contribution in [2.24, 2.45) is 0 Å². The molecule has 3 N–H and O–H groups in total. The molecule has 9 nitrogen and oxygen atoms in total. The zero-order chi connectivity index (χ0) is 27.1. The number of nitrogens with one attached hydrogen (secondary N) is 1. The van der Waals surface area contributed by atoms with E-state index < -0.39 is 23.1 Å². The number of piperidine rings is 1. The fourth-order valence-electron chi connectivity index (χ4n) is 5.01. The summed E-state index contributed by atoms with van der Waals surface area (Å²) in [4.78, 5) is 54.6. The van der Waals surface area contributed by atoms with E-state index in [1.54, 1.807) is 6.92 Å². The van der Waals surface area contributed by atoms with Gasteiger partial charge in [-0.15, -0.1) is 0 Å². The molecular formula is C29H35N5O4. The molecule has 4 rings (SSSR count). The predicted molar refractivity (Wildman–Crippen MR) is 147 cm³/mol. The lowest BCUT2D eigenvalue weighted by molar-refractivity contribution is -0.127. The Morgan fingerprint density at radius 1 is 0.947 bits per heavy atom. The molecule has 2 heterocycles. The number of carbonyl (C=O) groups excluding carboxylic acids is 2. The second-order valence-electron chi connectivity index (χ2n) is 9.60. The molecule has 0 spiro atoms. The van der Waals surface area contributed by atoms with E-state index in [-0.39, 0.29) is 36.9 Å². The van der Waals surface area contributed by atoms with E-state index in [4.69, 9.17) is 5.73 Å². The number of Topliss-reactive ketones (excluding diaryl/α,β-unsaturated/α-hetero) is 1. The molecule has 1 aliphatic rings. The molecule has 200 valence electrons. The molecule has 0 saturated carbocycles. The van der Waals surface area contributed by atoms with E-state index >= 15 is 0 Å². The highest BCUT2D eigenvalue weighted by Crippen LogP contribution is 2.19. The van der Waals surface area contributed by atoms with Crippen LogP contribution in [-0.2, 0) is 24.3 Å². The Bertz CT molecular complexity index is 1380. The summed E-state index contributed by atoms with van der Waals surface area (Å²) >= 11 is 0. The number of benzene rings is 2. The lowest BCUT2D eigenvalue weighted by atomic mass is 10.00. The van der Waals surface area contributed by atoms with Crippen molar-refractivity contribution in [2.45, 2.75) is 51.7 Å². The zero-order valence-corrected chi connectivity index (χ0v) is 21.8. The minimum Gasteiger partial charge on any atom is -0.384 e. The van der Waals surface area contributed by atoms with Crippen molar-refractivity contribution in [3.63, 3.8) is 0 Å². The number of hydrogen-bond acceptors (Lipinski definition) is 6. The maximum Gasteiger partial charge on any atom is 0.332 e. The Labute approximate surface area is 221 Å². The smallest absolute Gasteiger partial charge is 0.332 e. The topological polar surface area (TPSA) is 119 Å². The number of anilines is 1. The molecule has 1 atom stereocenters. The summed E-state index contributed by atoms with van der Waals surface area (Å²) in [5, 5.41) is 3.00. The Hall–Kier alpha value is -3.98. The third-order valence-corrected chi connectivity index (χ3v) is 7.07. The molecule has 2 aromatic carbocycles. The van der Waals surface area contributed by atoms with Crippen molar-refractivity contribution in [1.82, 2.24) is 19.4 Å². The van der Waals surface area contributed by atoms with Crippen LogP contribution in [0.25, 0.3) is 0 Å². The number of aromatic nitrogens is 2. The van der Waals surface area contributed by atoms with Crippen molar-refractivity contribution in [3.8, 4) is 0 Å². The van der Waals surface area contributed by atoms with Gasteiger partial charge in [-0.25, -0.2) is 4.79 Å². The zero-order valence-electron chi connectivity index (χ0n) is 21.8. The van der Waals surface area contributed by atoms with Crippen LogP contribution < -0.4 is 22.3 Å². The van der Waals surface area contributed by atoms with Gasteiger partial charge in [0.2, 0.25) is 5.91 Å². The molecule has 38 heavy (non-hydrogen) atoms. The quantitative estimate of drug-likeness (QED) is 0.398. The van der Waals surface area contributed by atoms with Gasteiger partial charge in [0.15, 0.2) is 5.78 Å². The van der Waals surface area contributed by atoms with Gasteiger partial charge >= 0.3 is 5.69 Å². The molecule has 0 aliphatic carbocycles. The van der Waals surface area contributed by atoms with Crippen LogP contribution >= 0.6 is 0 Å². The highest BCUT2D eigenvalue weighted by molar-refractivity contribution is 6.01. The Morgan fingerprint density at radius 3 is 2.26 bits per heavy atom. The van der Waals surface area contributed by atoms with Gasteiger partial charge in [0, 0.05) is 13.1 Å². The second kappa shape index (κ2) is 12.5. The number of likely N-dealkylation sites (tertiary alicyclic amines) is 1. The SMILES string of the molecule is CCn1c(=O)c(C(=O)CN2CCCCC2C(=O)NCCc2ccccc2)c(N)n(Cc2ccccc2)c1=O. The molecule has 9 heteroatoms. The molecule has 1 saturated heterocycles. The number of ketones is 1. The van der Waals surface area contributed by atoms with E-state index in [0.717, 1.165) is 28.5 Å². The number of hydrogen-bond donors (Lipinski definition) is 2. The summed E-state index contributed by atoms with van der Waals surface area (Å²) in [6.07, 6.45) is 3.08. The molecular weight excluding hydrogens is 482 g/mol. The van der Waals surface area contributed by atoms with Crippen molar-refractivity contribution in [3.05, 3.63) is 98.2 Å². The van der Waals surface area contributed by atoms with E-state index in [1.807, 2.05) is 65.6 Å². The highest BCUT2D eigenvalue weighted by Gasteiger charge is 2.32. The van der Waals surface area contributed by atoms with Crippen LogP contribution in [0.2, 0.25) is 0 Å². The number of nitrogens with two attached hydrogens (primary N) is 1. The van der Waals surface area contributed by atoms with Gasteiger partial charge in [-0.1, -0.05) is 67.1 Å². The molecule has 1 aliphatic heterocycles. The van der Waals surface area contributed by atoms with Crippen LogP contribution in [0.15, 0.2) is 70.3 Å². The number of rotatable bonds is 10. The van der Waals surface area contributed by atoms with Crippen molar-refractivity contribution in [2.75, 3.05) is 25.4 Å². The van der Waals surface area contributed by atoms with Gasteiger partial charge < -0.3 is 11.1 Å². The predicted octanol–water partition coefficient (Wildman–Crippen LogP) is 2.06. The number of amides is 1. The Morgan fingerprint density at radius 2 is 1.61 bits per heavy atom. The maximum absolute atomic E-state index is 13.5. The normalized spacial score (nSPS) is 15.8. The van der Waals surface area contributed by atoms with Crippen molar-refractivity contribution >= 4 is 17.5 Å². The van der Waals surface area contributed by atoms with Crippen LogP contribution in [-0.4, -0.2) is 51.4 Å². The van der Waals surface area contributed by atoms with E-state index in [9.17, 15) is 19.2 Å². The van der Waals surface area contributed by atoms with Gasteiger partial charge in [-0.3, -0.25) is 28.4 Å². The lowest BCUT2D eigenvalue weighted by Crippen LogP contribution is -2.52. The van der Waals surface area contributed by atoms with E-state index in [1.165, 1.54) is 4.57 Å². The van der Waals surface area contributed by atoms with Gasteiger partial charge in [0.25, 0.3) is 5.56 Å². The van der Waals surface area contributed by atoms with Gasteiger partial charge in [-0.2, -0.15) is 0 Å². The van der Waals surface area contributed by atoms with Crippen LogP contribution in [0, 0.1) is 0 Å². The summed E-state index contributed by atoms with van der Waals surface area (Å²) in [5.74, 6) is -0.749. The van der Waals surface area contributed by atoms with Gasteiger partial charge in [0.05, 0.1) is 19.1 Å². The first-order valence-corrected chi connectivity index (χ1v) is 13.2. The molecule has 1 unspecified atom stereocenters. The first-order valence-electron chi connectivity index (χ1n) is 13.2. The van der Waals surface area contributed by atoms with Gasteiger partial charge in [0.1, 0.15) is 11.4 Å². The summed E-state index contributed by atoms with van der Waals surface area (Å²) in [6, 6.07) is 18.7. The van der Waals surface area contributed by atoms with Gasteiger partial charge in [-0.05, 0) is 43.9 Å². The third kappa shape index (κ3) is 6.11. The largest absolute Gasteiger partial charge is 0.384 e. The summed E-state index contributed by atoms with van der Waals surface area (Å²) in [5.41, 5.74) is 6.83. The standard InChI is InChI=1S/C29H35N5O4/c1-2-33-28(37)25(26(30)34(29(33)38)19-22-13-7-4-8-14-22)24(35)20-32-18-10-9-15-23(32)27(36)31-17-16-21-11-5-3-6-12-21/h3-8,11-14,23H,2,9-10,15-20,30H2,1H3,(H,31,36). The van der Waals surface area contributed by atoms with E-state index in [0.29, 0.717) is 25.9 Å². The molecule has 1 fully saturated rings. The Kier molecular flexibility index (Phi) is 8.91. The monoisotopic (exact) mass is 517 g/mol. The van der Waals surface area contributed by atoms with Crippen molar-refractivity contribution < 1.29 is 9.59 Å². The average molecular weight is 518 g/mol. The van der Waals surface area contributed by atoms with Crippen LogP contribution in [0.4, 0.5) is 5.82 Å². The van der Waals surface area contributed by atoms with Crippen LogP contribution in [0.5, 0.6) is 0 Å². The highest BCUT2D eigenvalue weighted by atomic mass is 16.2. The molecule has 1 amide bonds. The summed E-state index contributed by atoms with van der Waals surface area (Å²) < 4.78 is 2.31. The number of carbonyl (C=O) groups is 2. The molecule has 0 radical (unpaired) electrons. The third-order valence-electron chi connectivity index (χ3n) is 7.07. The first-order chi connectivity index (χ1) is 18.4. The average Bonchev–Trinajstić information content (AvgIpc) is 2.93. The van der Waals surface area contributed by atoms with Crippen LogP contribution in [0.1, 0.15) is 47.7 Å².